The first-order valence-electron chi connectivity index (χ1n) is 5.49. The van der Waals surface area contributed by atoms with Crippen LogP contribution in [0.2, 0.25) is 0 Å². The molecule has 1 aliphatic rings. The number of H-pyrrole nitrogens is 1. The number of aromatic nitrogens is 1. The summed E-state index contributed by atoms with van der Waals surface area (Å²) < 4.78 is 0. The Hall–Kier alpha value is -1.05. The van der Waals surface area contributed by atoms with E-state index in [4.69, 9.17) is 0 Å². The van der Waals surface area contributed by atoms with Gasteiger partial charge in [-0.2, -0.15) is 0 Å². The van der Waals surface area contributed by atoms with Crippen molar-refractivity contribution in [2.45, 2.75) is 45.4 Å². The molecule has 0 unspecified atom stereocenters. The van der Waals surface area contributed by atoms with Crippen molar-refractivity contribution in [1.29, 1.82) is 0 Å². The third-order valence-electron chi connectivity index (χ3n) is 3.07. The van der Waals surface area contributed by atoms with E-state index >= 15 is 0 Å². The molecule has 2 nitrogen and oxygen atoms in total. The lowest BCUT2D eigenvalue weighted by Gasteiger charge is -2.15. The van der Waals surface area contributed by atoms with Crippen LogP contribution in [0.4, 0.5) is 0 Å². The normalized spacial score (nSPS) is 16.9. The highest BCUT2D eigenvalue weighted by atomic mass is 16.1. The van der Waals surface area contributed by atoms with Gasteiger partial charge < -0.3 is 4.98 Å². The molecule has 14 heavy (non-hydrogen) atoms. The first-order valence-corrected chi connectivity index (χ1v) is 5.49. The Kier molecular flexibility index (Phi) is 2.71. The Labute approximate surface area is 84.4 Å². The summed E-state index contributed by atoms with van der Waals surface area (Å²) in [5.74, 6) is 0. The van der Waals surface area contributed by atoms with E-state index in [2.05, 4.69) is 11.9 Å². The number of hydrogen-bond acceptors (Lipinski definition) is 1. The third-order valence-corrected chi connectivity index (χ3v) is 3.07. The minimum atomic E-state index is 0.0572. The molecule has 0 aromatic carbocycles. The summed E-state index contributed by atoms with van der Waals surface area (Å²) in [6.45, 7) is 2.05. The number of aromatic amines is 1. The highest BCUT2D eigenvalue weighted by Gasteiger charge is 2.09. The van der Waals surface area contributed by atoms with Gasteiger partial charge in [0.15, 0.2) is 0 Å². The molecular weight excluding hydrogens is 174 g/mol. The molecule has 0 atom stereocenters. The van der Waals surface area contributed by atoms with E-state index in [-0.39, 0.29) is 5.56 Å². The Morgan fingerprint density at radius 1 is 1.14 bits per heavy atom. The second-order valence-electron chi connectivity index (χ2n) is 4.19. The lowest BCUT2D eigenvalue weighted by atomic mass is 9.94. The van der Waals surface area contributed by atoms with E-state index in [0.29, 0.717) is 0 Å². The van der Waals surface area contributed by atoms with E-state index < -0.39 is 0 Å². The van der Waals surface area contributed by atoms with Crippen molar-refractivity contribution in [2.75, 3.05) is 0 Å². The van der Waals surface area contributed by atoms with Gasteiger partial charge in [0.05, 0.1) is 0 Å². The smallest absolute Gasteiger partial charge is 0.248 e. The zero-order valence-corrected chi connectivity index (χ0v) is 8.73. The molecule has 76 valence electrons. The summed E-state index contributed by atoms with van der Waals surface area (Å²) in [7, 11) is 0. The Morgan fingerprint density at radius 3 is 2.64 bits per heavy atom. The zero-order valence-electron chi connectivity index (χ0n) is 8.73. The second kappa shape index (κ2) is 3.99. The minimum Gasteiger partial charge on any atom is -0.326 e. The van der Waals surface area contributed by atoms with Crippen LogP contribution in [-0.4, -0.2) is 4.98 Å². The topological polar surface area (TPSA) is 32.9 Å². The minimum absolute atomic E-state index is 0.0572. The molecule has 1 aliphatic carbocycles. The van der Waals surface area contributed by atoms with E-state index in [1.165, 1.54) is 42.5 Å². The van der Waals surface area contributed by atoms with E-state index in [9.17, 15) is 4.79 Å². The van der Waals surface area contributed by atoms with Crippen LogP contribution >= 0.6 is 0 Å². The lowest BCUT2D eigenvalue weighted by Crippen LogP contribution is -2.14. The number of hydrogen-bond donors (Lipinski definition) is 1. The van der Waals surface area contributed by atoms with Crippen LogP contribution in [0.5, 0.6) is 0 Å². The molecule has 2 rings (SSSR count). The van der Waals surface area contributed by atoms with Crippen molar-refractivity contribution >= 4 is 0 Å². The van der Waals surface area contributed by atoms with Crippen LogP contribution in [-0.2, 0) is 12.8 Å². The fourth-order valence-electron chi connectivity index (χ4n) is 2.30. The summed E-state index contributed by atoms with van der Waals surface area (Å²) >= 11 is 0. The highest BCUT2D eigenvalue weighted by Crippen LogP contribution is 2.19. The van der Waals surface area contributed by atoms with E-state index in [1.807, 2.05) is 0 Å². The maximum atomic E-state index is 11.3. The molecule has 0 fully saturated rings. The predicted octanol–water partition coefficient (Wildman–Crippen LogP) is 2.34. The molecule has 1 N–H and O–H groups in total. The third kappa shape index (κ3) is 1.89. The van der Waals surface area contributed by atoms with Gasteiger partial charge in [0, 0.05) is 11.8 Å². The summed E-state index contributed by atoms with van der Waals surface area (Å²) in [6, 6.07) is 1.72. The number of fused-ring (bicyclic) bond motifs is 1. The van der Waals surface area contributed by atoms with Crippen LogP contribution in [0.15, 0.2) is 10.9 Å². The van der Waals surface area contributed by atoms with Gasteiger partial charge in [-0.25, -0.2) is 0 Å². The van der Waals surface area contributed by atoms with Gasteiger partial charge >= 0.3 is 0 Å². The van der Waals surface area contributed by atoms with Gasteiger partial charge in [0.25, 0.3) is 0 Å². The van der Waals surface area contributed by atoms with Crippen molar-refractivity contribution < 1.29 is 0 Å². The molecule has 0 saturated heterocycles. The first kappa shape index (κ1) is 9.50. The number of pyridine rings is 1. The highest BCUT2D eigenvalue weighted by molar-refractivity contribution is 5.29. The van der Waals surface area contributed by atoms with Crippen LogP contribution in [0.25, 0.3) is 0 Å². The van der Waals surface area contributed by atoms with Crippen molar-refractivity contribution in [3.05, 3.63) is 33.2 Å². The second-order valence-corrected chi connectivity index (χ2v) is 4.19. The Morgan fingerprint density at radius 2 is 1.86 bits per heavy atom. The summed E-state index contributed by atoms with van der Waals surface area (Å²) in [5, 5.41) is 0. The molecule has 2 heteroatoms. The zero-order chi connectivity index (χ0) is 9.97. The van der Waals surface area contributed by atoms with Crippen LogP contribution in [0, 0.1) is 6.92 Å². The largest absolute Gasteiger partial charge is 0.326 e. The van der Waals surface area contributed by atoms with Gasteiger partial charge in [0.2, 0.25) is 5.56 Å². The molecule has 0 amide bonds. The van der Waals surface area contributed by atoms with Crippen LogP contribution in [0.1, 0.15) is 42.5 Å². The van der Waals surface area contributed by atoms with Crippen molar-refractivity contribution in [3.63, 3.8) is 0 Å². The van der Waals surface area contributed by atoms with Crippen molar-refractivity contribution in [3.8, 4) is 0 Å². The molecule has 0 bridgehead atoms. The van der Waals surface area contributed by atoms with Gasteiger partial charge in [-0.3, -0.25) is 4.79 Å². The van der Waals surface area contributed by atoms with Gasteiger partial charge in [-0.05, 0) is 43.7 Å². The average Bonchev–Trinajstić information content (AvgIpc) is 2.07. The standard InChI is InChI=1S/C12H17NO/c1-9-8-12(14)13-11-7-5-3-2-4-6-10(9)11/h8H,2-7H2,1H3,(H,13,14). The van der Waals surface area contributed by atoms with Gasteiger partial charge in [0.1, 0.15) is 0 Å². The molecule has 0 aliphatic heterocycles. The molecule has 0 radical (unpaired) electrons. The first-order chi connectivity index (χ1) is 6.77. The molecular formula is C12H17NO. The maximum absolute atomic E-state index is 11.3. The molecule has 1 aromatic heterocycles. The van der Waals surface area contributed by atoms with Gasteiger partial charge in [-0.15, -0.1) is 0 Å². The number of aryl methyl sites for hydroxylation is 2. The van der Waals surface area contributed by atoms with Crippen molar-refractivity contribution in [1.82, 2.24) is 4.98 Å². The molecule has 1 aromatic rings. The molecule has 0 saturated carbocycles. The fraction of sp³-hybridized carbons (Fsp3) is 0.583. The monoisotopic (exact) mass is 191 g/mol. The quantitative estimate of drug-likeness (QED) is 0.670. The van der Waals surface area contributed by atoms with E-state index in [1.54, 1.807) is 6.07 Å². The van der Waals surface area contributed by atoms with Gasteiger partial charge in [-0.1, -0.05) is 12.8 Å². The Bertz CT molecular complexity index is 378. The SMILES string of the molecule is Cc1cc(=O)[nH]c2c1CCCCCC2. The van der Waals surface area contributed by atoms with E-state index in [0.717, 1.165) is 12.8 Å². The predicted molar refractivity (Wildman–Crippen MR) is 57.7 cm³/mol. The average molecular weight is 191 g/mol. The summed E-state index contributed by atoms with van der Waals surface area (Å²) in [4.78, 5) is 14.3. The van der Waals surface area contributed by atoms with Crippen LogP contribution < -0.4 is 5.56 Å². The summed E-state index contributed by atoms with van der Waals surface area (Å²) in [5.41, 5.74) is 3.81. The maximum Gasteiger partial charge on any atom is 0.248 e. The molecule has 1 heterocycles. The number of rotatable bonds is 0. The summed E-state index contributed by atoms with van der Waals surface area (Å²) in [6.07, 6.45) is 7.30. The Balaban J connectivity index is 2.44. The lowest BCUT2D eigenvalue weighted by molar-refractivity contribution is 0.606. The fourth-order valence-corrected chi connectivity index (χ4v) is 2.30. The van der Waals surface area contributed by atoms with Crippen molar-refractivity contribution in [2.24, 2.45) is 0 Å². The van der Waals surface area contributed by atoms with Crippen LogP contribution in [0.3, 0.4) is 0 Å². The molecule has 0 spiro atoms. The number of nitrogens with one attached hydrogen (secondary N) is 1.